The lowest BCUT2D eigenvalue weighted by Crippen LogP contribution is -2.47. The number of hydrogen-bond acceptors (Lipinski definition) is 4. The molecule has 0 radical (unpaired) electrons. The molecule has 2 aliphatic heterocycles. The van der Waals surface area contributed by atoms with Crippen LogP contribution in [0.15, 0.2) is 42.5 Å². The van der Waals surface area contributed by atoms with Gasteiger partial charge in [0.25, 0.3) is 0 Å². The Balaban J connectivity index is 1.28. The molecule has 2 aromatic carbocycles. The summed E-state index contributed by atoms with van der Waals surface area (Å²) >= 11 is 1.83. The van der Waals surface area contributed by atoms with E-state index in [1.165, 1.54) is 22.9 Å². The van der Waals surface area contributed by atoms with E-state index in [0.717, 1.165) is 44.9 Å². The van der Waals surface area contributed by atoms with Gasteiger partial charge in [-0.3, -0.25) is 9.69 Å². The van der Waals surface area contributed by atoms with Gasteiger partial charge in [-0.05, 0) is 42.5 Å². The van der Waals surface area contributed by atoms with Crippen molar-refractivity contribution in [1.29, 1.82) is 0 Å². The number of carbonyl (C=O) groups excluding carboxylic acids is 1. The number of carbonyl (C=O) groups is 1. The Morgan fingerprint density at radius 2 is 1.89 bits per heavy atom. The van der Waals surface area contributed by atoms with E-state index in [-0.39, 0.29) is 11.2 Å². The number of hydrogen-bond donors (Lipinski definition) is 1. The van der Waals surface area contributed by atoms with E-state index in [9.17, 15) is 4.79 Å². The smallest absolute Gasteiger partial charge is 0.232 e. The van der Waals surface area contributed by atoms with Gasteiger partial charge in [0.2, 0.25) is 5.91 Å². The fraction of sp³-hybridized carbons (Fsp3) is 0.500. The van der Waals surface area contributed by atoms with Crippen LogP contribution in [0.5, 0.6) is 0 Å². The van der Waals surface area contributed by atoms with Crippen LogP contribution in [0.25, 0.3) is 10.8 Å². The van der Waals surface area contributed by atoms with Crippen LogP contribution < -0.4 is 10.2 Å². The Bertz CT molecular complexity index is 783. The minimum absolute atomic E-state index is 0.170. The lowest BCUT2D eigenvalue weighted by atomic mass is 10.0. The van der Waals surface area contributed by atoms with Crippen LogP contribution >= 0.6 is 11.8 Å². The summed E-state index contributed by atoms with van der Waals surface area (Å²) in [6.07, 6.45) is 2.26. The number of benzene rings is 2. The zero-order valence-electron chi connectivity index (χ0n) is 16.1. The number of nitrogens with one attached hydrogen (secondary N) is 1. The summed E-state index contributed by atoms with van der Waals surface area (Å²) in [6.45, 7) is 5.60. The molecule has 4 nitrogen and oxygen atoms in total. The predicted molar refractivity (Wildman–Crippen MR) is 116 cm³/mol. The Morgan fingerprint density at radius 3 is 2.70 bits per heavy atom. The number of nitrogens with zero attached hydrogens (tertiary/aromatic N) is 2. The standard InChI is InChI=1S/C22H29N3OS/c1-23-22(26)21-15-17(16-27-21)9-10-24-11-13-25(14-12-24)20-8-4-6-18-5-2-3-7-19(18)20/h2-8,17,21H,9-16H2,1H3,(H,23,26). The highest BCUT2D eigenvalue weighted by Gasteiger charge is 2.30. The fourth-order valence-corrected chi connectivity index (χ4v) is 5.78. The van der Waals surface area contributed by atoms with Crippen LogP contribution in [-0.4, -0.2) is 61.6 Å². The monoisotopic (exact) mass is 383 g/mol. The van der Waals surface area contributed by atoms with Gasteiger partial charge in [-0.15, -0.1) is 11.8 Å². The SMILES string of the molecule is CNC(=O)C1CC(CCN2CCN(c3cccc4ccccc34)CC2)CS1. The third-order valence-corrected chi connectivity index (χ3v) is 7.43. The minimum Gasteiger partial charge on any atom is -0.368 e. The molecule has 1 amide bonds. The molecular formula is C22H29N3OS. The molecule has 0 aliphatic carbocycles. The highest BCUT2D eigenvalue weighted by Crippen LogP contribution is 2.34. The van der Waals surface area contributed by atoms with Crippen LogP contribution in [0.4, 0.5) is 5.69 Å². The highest BCUT2D eigenvalue weighted by molar-refractivity contribution is 8.00. The molecular weight excluding hydrogens is 354 g/mol. The van der Waals surface area contributed by atoms with Crippen LogP contribution in [0.3, 0.4) is 0 Å². The topological polar surface area (TPSA) is 35.6 Å². The van der Waals surface area contributed by atoms with Crippen molar-refractivity contribution in [2.24, 2.45) is 5.92 Å². The van der Waals surface area contributed by atoms with Crippen molar-refractivity contribution in [3.8, 4) is 0 Å². The molecule has 0 saturated carbocycles. The molecule has 4 rings (SSSR count). The Hall–Kier alpha value is -1.72. The molecule has 2 unspecified atom stereocenters. The maximum Gasteiger partial charge on any atom is 0.232 e. The Morgan fingerprint density at radius 1 is 1.11 bits per heavy atom. The number of fused-ring (bicyclic) bond motifs is 1. The van der Waals surface area contributed by atoms with Crippen LogP contribution in [-0.2, 0) is 4.79 Å². The largest absolute Gasteiger partial charge is 0.368 e. The van der Waals surface area contributed by atoms with Gasteiger partial charge in [0.05, 0.1) is 5.25 Å². The van der Waals surface area contributed by atoms with E-state index >= 15 is 0 Å². The second kappa shape index (κ2) is 8.53. The average molecular weight is 384 g/mol. The van der Waals surface area contributed by atoms with Crippen molar-refractivity contribution in [3.63, 3.8) is 0 Å². The third kappa shape index (κ3) is 4.25. The molecule has 2 fully saturated rings. The van der Waals surface area contributed by atoms with Crippen molar-refractivity contribution in [2.45, 2.75) is 18.1 Å². The molecule has 0 spiro atoms. The van der Waals surface area contributed by atoms with Gasteiger partial charge < -0.3 is 10.2 Å². The fourth-order valence-electron chi connectivity index (χ4n) is 4.30. The van der Waals surface area contributed by atoms with Crippen molar-refractivity contribution in [1.82, 2.24) is 10.2 Å². The van der Waals surface area contributed by atoms with Gasteiger partial charge in [-0.2, -0.15) is 0 Å². The quantitative estimate of drug-likeness (QED) is 0.860. The van der Waals surface area contributed by atoms with E-state index in [2.05, 4.69) is 57.6 Å². The first kappa shape index (κ1) is 18.6. The van der Waals surface area contributed by atoms with Crippen LogP contribution in [0.2, 0.25) is 0 Å². The first-order valence-electron chi connectivity index (χ1n) is 10.0. The van der Waals surface area contributed by atoms with Gasteiger partial charge in [0.15, 0.2) is 0 Å². The van der Waals surface area contributed by atoms with Crippen LogP contribution in [0.1, 0.15) is 12.8 Å². The summed E-state index contributed by atoms with van der Waals surface area (Å²) in [4.78, 5) is 16.9. The number of amides is 1. The lowest BCUT2D eigenvalue weighted by Gasteiger charge is -2.37. The summed E-state index contributed by atoms with van der Waals surface area (Å²) < 4.78 is 0. The van der Waals surface area contributed by atoms with Gasteiger partial charge >= 0.3 is 0 Å². The summed E-state index contributed by atoms with van der Waals surface area (Å²) in [7, 11) is 1.74. The van der Waals surface area contributed by atoms with Crippen molar-refractivity contribution < 1.29 is 4.79 Å². The highest BCUT2D eigenvalue weighted by atomic mass is 32.2. The second-order valence-electron chi connectivity index (χ2n) is 7.65. The minimum atomic E-state index is 0.170. The number of anilines is 1. The van der Waals surface area contributed by atoms with Crippen molar-refractivity contribution >= 4 is 34.1 Å². The van der Waals surface area contributed by atoms with Gasteiger partial charge in [0, 0.05) is 44.3 Å². The number of thioether (sulfide) groups is 1. The summed E-state index contributed by atoms with van der Waals surface area (Å²) in [5, 5.41) is 5.64. The zero-order chi connectivity index (χ0) is 18.6. The zero-order valence-corrected chi connectivity index (χ0v) is 16.9. The second-order valence-corrected chi connectivity index (χ2v) is 8.89. The first-order valence-corrected chi connectivity index (χ1v) is 11.1. The molecule has 2 heterocycles. The molecule has 0 aromatic heterocycles. The molecule has 2 saturated heterocycles. The van der Waals surface area contributed by atoms with E-state index in [1.54, 1.807) is 7.05 Å². The third-order valence-electron chi connectivity index (χ3n) is 5.95. The Labute approximate surface area is 166 Å². The average Bonchev–Trinajstić information content (AvgIpc) is 3.21. The normalized spacial score (nSPS) is 23.7. The molecule has 144 valence electrons. The summed E-state index contributed by atoms with van der Waals surface area (Å²) in [6, 6.07) is 15.3. The van der Waals surface area contributed by atoms with Gasteiger partial charge in [0.1, 0.15) is 0 Å². The molecule has 5 heteroatoms. The Kier molecular flexibility index (Phi) is 5.89. The first-order chi connectivity index (χ1) is 13.2. The number of piperazine rings is 1. The van der Waals surface area contributed by atoms with E-state index in [4.69, 9.17) is 0 Å². The molecule has 2 atom stereocenters. The predicted octanol–water partition coefficient (Wildman–Crippen LogP) is 3.22. The van der Waals surface area contributed by atoms with Gasteiger partial charge in [-0.25, -0.2) is 0 Å². The molecule has 27 heavy (non-hydrogen) atoms. The van der Waals surface area contributed by atoms with Gasteiger partial charge in [-0.1, -0.05) is 36.4 Å². The van der Waals surface area contributed by atoms with E-state index in [0.29, 0.717) is 5.92 Å². The molecule has 2 aliphatic rings. The van der Waals surface area contributed by atoms with Crippen molar-refractivity contribution in [3.05, 3.63) is 42.5 Å². The lowest BCUT2D eigenvalue weighted by molar-refractivity contribution is -0.120. The molecule has 0 bridgehead atoms. The summed E-state index contributed by atoms with van der Waals surface area (Å²) in [5.74, 6) is 2.02. The van der Waals surface area contributed by atoms with E-state index < -0.39 is 0 Å². The maximum absolute atomic E-state index is 11.8. The number of rotatable bonds is 5. The van der Waals surface area contributed by atoms with E-state index in [1.807, 2.05) is 11.8 Å². The van der Waals surface area contributed by atoms with Crippen LogP contribution in [0, 0.1) is 5.92 Å². The summed E-state index contributed by atoms with van der Waals surface area (Å²) in [5.41, 5.74) is 1.37. The maximum atomic E-state index is 11.8. The molecule has 1 N–H and O–H groups in total. The molecule has 2 aromatic rings. The van der Waals surface area contributed by atoms with Crippen molar-refractivity contribution in [2.75, 3.05) is 50.4 Å².